The highest BCUT2D eigenvalue weighted by atomic mass is 32.2. The van der Waals surface area contributed by atoms with Gasteiger partial charge >= 0.3 is 0 Å². The molecule has 0 unspecified atom stereocenters. The van der Waals surface area contributed by atoms with Gasteiger partial charge in [0.15, 0.2) is 0 Å². The van der Waals surface area contributed by atoms with Gasteiger partial charge in [0.25, 0.3) is 0 Å². The van der Waals surface area contributed by atoms with Crippen LogP contribution in [0.2, 0.25) is 0 Å². The quantitative estimate of drug-likeness (QED) is 0.801. The minimum atomic E-state index is -3.34. The molecule has 0 bridgehead atoms. The molecule has 0 spiro atoms. The molecule has 5 heteroatoms. The highest BCUT2D eigenvalue weighted by Gasteiger charge is 2.27. The molecule has 1 aliphatic rings. The number of allylic oxidation sites excluding steroid dienone is 1. The lowest BCUT2D eigenvalue weighted by molar-refractivity contribution is 0.204. The van der Waals surface area contributed by atoms with Gasteiger partial charge in [0.05, 0.1) is 4.90 Å². The third-order valence-corrected chi connectivity index (χ3v) is 5.66. The summed E-state index contributed by atoms with van der Waals surface area (Å²) >= 11 is 0. The Morgan fingerprint density at radius 1 is 1.10 bits per heavy atom. The molecule has 1 saturated heterocycles. The second-order valence-electron chi connectivity index (χ2n) is 5.80. The maximum Gasteiger partial charge on any atom is 0.243 e. The number of hydrogen-bond acceptors (Lipinski definition) is 3. The van der Waals surface area contributed by atoms with Gasteiger partial charge in [-0.1, -0.05) is 29.3 Å². The number of aryl methyl sites for hydroxylation is 1. The van der Waals surface area contributed by atoms with Crippen LogP contribution in [0.4, 0.5) is 0 Å². The lowest BCUT2D eigenvalue weighted by atomic mass is 10.2. The Morgan fingerprint density at radius 3 is 2.19 bits per heavy atom. The molecule has 0 atom stereocenters. The van der Waals surface area contributed by atoms with Crippen LogP contribution in [0.25, 0.3) is 0 Å². The summed E-state index contributed by atoms with van der Waals surface area (Å²) in [5.41, 5.74) is 2.37. The van der Waals surface area contributed by atoms with Crippen molar-refractivity contribution in [1.29, 1.82) is 0 Å². The maximum atomic E-state index is 12.6. The monoisotopic (exact) mass is 308 g/mol. The Morgan fingerprint density at radius 2 is 1.67 bits per heavy atom. The van der Waals surface area contributed by atoms with Crippen LogP contribution >= 0.6 is 0 Å². The SMILES string of the molecule is CC(C)=CCN1CCN(S(=O)(=O)c2ccc(C)cc2)CC1. The molecule has 21 heavy (non-hydrogen) atoms. The summed E-state index contributed by atoms with van der Waals surface area (Å²) in [4.78, 5) is 2.68. The number of benzene rings is 1. The van der Waals surface area contributed by atoms with Crippen molar-refractivity contribution in [1.82, 2.24) is 9.21 Å². The molecule has 1 fully saturated rings. The number of sulfonamides is 1. The standard InChI is InChI=1S/C16H24N2O2S/c1-14(2)8-9-17-10-12-18(13-11-17)21(19,20)16-6-4-15(3)5-7-16/h4-8H,9-13H2,1-3H3. The van der Waals surface area contributed by atoms with Crippen molar-refractivity contribution in [2.75, 3.05) is 32.7 Å². The molecule has 116 valence electrons. The number of rotatable bonds is 4. The van der Waals surface area contributed by atoms with E-state index in [0.29, 0.717) is 18.0 Å². The van der Waals surface area contributed by atoms with Gasteiger partial charge in [-0.2, -0.15) is 4.31 Å². The van der Waals surface area contributed by atoms with E-state index in [-0.39, 0.29) is 0 Å². The van der Waals surface area contributed by atoms with Gasteiger partial charge in [0, 0.05) is 32.7 Å². The van der Waals surface area contributed by atoms with Crippen LogP contribution in [0.3, 0.4) is 0 Å². The summed E-state index contributed by atoms with van der Waals surface area (Å²) in [5, 5.41) is 0. The van der Waals surface area contributed by atoms with Crippen LogP contribution in [0, 0.1) is 6.92 Å². The summed E-state index contributed by atoms with van der Waals surface area (Å²) in [5.74, 6) is 0. The Hall–Kier alpha value is -1.17. The lowest BCUT2D eigenvalue weighted by Crippen LogP contribution is -2.48. The summed E-state index contributed by atoms with van der Waals surface area (Å²) in [6, 6.07) is 7.08. The van der Waals surface area contributed by atoms with Crippen LogP contribution < -0.4 is 0 Å². The van der Waals surface area contributed by atoms with Gasteiger partial charge in [-0.15, -0.1) is 0 Å². The molecule has 2 rings (SSSR count). The Bertz CT molecular complexity index is 594. The minimum Gasteiger partial charge on any atom is -0.297 e. The van der Waals surface area contributed by atoms with E-state index in [0.717, 1.165) is 25.2 Å². The third-order valence-electron chi connectivity index (χ3n) is 3.75. The molecule has 1 aromatic rings. The Balaban J connectivity index is 2.01. The third kappa shape index (κ3) is 4.15. The smallest absolute Gasteiger partial charge is 0.243 e. The topological polar surface area (TPSA) is 40.6 Å². The zero-order chi connectivity index (χ0) is 15.5. The van der Waals surface area contributed by atoms with E-state index in [2.05, 4.69) is 24.8 Å². The van der Waals surface area contributed by atoms with E-state index in [9.17, 15) is 8.42 Å². The van der Waals surface area contributed by atoms with Gasteiger partial charge in [-0.25, -0.2) is 8.42 Å². The predicted molar refractivity (Wildman–Crippen MR) is 85.8 cm³/mol. The molecule has 1 heterocycles. The van der Waals surface area contributed by atoms with E-state index in [1.54, 1.807) is 16.4 Å². The first-order chi connectivity index (χ1) is 9.89. The fourth-order valence-electron chi connectivity index (χ4n) is 2.32. The van der Waals surface area contributed by atoms with Gasteiger partial charge in [-0.05, 0) is 32.9 Å². The Labute approximate surface area is 128 Å². The van der Waals surface area contributed by atoms with E-state index in [1.165, 1.54) is 5.57 Å². The summed E-state index contributed by atoms with van der Waals surface area (Å²) in [6.45, 7) is 9.72. The molecule has 1 aliphatic heterocycles. The summed E-state index contributed by atoms with van der Waals surface area (Å²) in [7, 11) is -3.34. The molecule has 0 radical (unpaired) electrons. The lowest BCUT2D eigenvalue weighted by Gasteiger charge is -2.33. The average Bonchev–Trinajstić information content (AvgIpc) is 2.46. The summed E-state index contributed by atoms with van der Waals surface area (Å²) in [6.07, 6.45) is 2.18. The van der Waals surface area contributed by atoms with Crippen LogP contribution in [-0.2, 0) is 10.0 Å². The molecule has 0 aliphatic carbocycles. The zero-order valence-corrected chi connectivity index (χ0v) is 13.9. The first-order valence-corrected chi connectivity index (χ1v) is 8.76. The van der Waals surface area contributed by atoms with Gasteiger partial charge in [-0.3, -0.25) is 4.90 Å². The second kappa shape index (κ2) is 6.73. The van der Waals surface area contributed by atoms with Gasteiger partial charge < -0.3 is 0 Å². The van der Waals surface area contributed by atoms with Crippen molar-refractivity contribution < 1.29 is 8.42 Å². The van der Waals surface area contributed by atoms with E-state index < -0.39 is 10.0 Å². The Kier molecular flexibility index (Phi) is 5.19. The van der Waals surface area contributed by atoms with Crippen LogP contribution in [0.15, 0.2) is 40.8 Å². The average molecular weight is 308 g/mol. The van der Waals surface area contributed by atoms with Crippen molar-refractivity contribution >= 4 is 10.0 Å². The fraction of sp³-hybridized carbons (Fsp3) is 0.500. The normalized spacial score (nSPS) is 17.7. The minimum absolute atomic E-state index is 0.394. The molecule has 0 aromatic heterocycles. The summed E-state index contributed by atoms with van der Waals surface area (Å²) < 4.78 is 26.7. The molecular formula is C16H24N2O2S. The first-order valence-electron chi connectivity index (χ1n) is 7.32. The number of nitrogens with zero attached hydrogens (tertiary/aromatic N) is 2. The second-order valence-corrected chi connectivity index (χ2v) is 7.74. The number of hydrogen-bond donors (Lipinski definition) is 0. The number of piperazine rings is 1. The van der Waals surface area contributed by atoms with Crippen molar-refractivity contribution in [2.24, 2.45) is 0 Å². The van der Waals surface area contributed by atoms with E-state index in [1.807, 2.05) is 19.1 Å². The molecule has 4 nitrogen and oxygen atoms in total. The molecule has 0 N–H and O–H groups in total. The highest BCUT2D eigenvalue weighted by Crippen LogP contribution is 2.18. The fourth-order valence-corrected chi connectivity index (χ4v) is 3.75. The van der Waals surface area contributed by atoms with Crippen molar-refractivity contribution in [3.8, 4) is 0 Å². The van der Waals surface area contributed by atoms with E-state index >= 15 is 0 Å². The maximum absolute atomic E-state index is 12.6. The van der Waals surface area contributed by atoms with Crippen molar-refractivity contribution in [2.45, 2.75) is 25.7 Å². The predicted octanol–water partition coefficient (Wildman–Crippen LogP) is 2.27. The molecule has 0 saturated carbocycles. The zero-order valence-electron chi connectivity index (χ0n) is 13.0. The van der Waals surface area contributed by atoms with Gasteiger partial charge in [0.1, 0.15) is 0 Å². The molecule has 0 amide bonds. The van der Waals surface area contributed by atoms with Crippen molar-refractivity contribution in [3.05, 3.63) is 41.5 Å². The van der Waals surface area contributed by atoms with E-state index in [4.69, 9.17) is 0 Å². The largest absolute Gasteiger partial charge is 0.297 e. The highest BCUT2D eigenvalue weighted by molar-refractivity contribution is 7.89. The van der Waals surface area contributed by atoms with Crippen LogP contribution in [-0.4, -0.2) is 50.3 Å². The molecular weight excluding hydrogens is 284 g/mol. The van der Waals surface area contributed by atoms with Crippen LogP contribution in [0.1, 0.15) is 19.4 Å². The molecule has 1 aromatic carbocycles. The van der Waals surface area contributed by atoms with Crippen molar-refractivity contribution in [3.63, 3.8) is 0 Å². The first kappa shape index (κ1) is 16.2. The van der Waals surface area contributed by atoms with Gasteiger partial charge in [0.2, 0.25) is 10.0 Å². The van der Waals surface area contributed by atoms with Crippen LogP contribution in [0.5, 0.6) is 0 Å².